The fourth-order valence-electron chi connectivity index (χ4n) is 4.88. The summed E-state index contributed by atoms with van der Waals surface area (Å²) in [5.41, 5.74) is 0. The molecule has 0 aromatic carbocycles. The zero-order valence-electron chi connectivity index (χ0n) is 36.9. The number of allylic oxidation sites excluding steroid dienone is 18. The van der Waals surface area contributed by atoms with Crippen molar-refractivity contribution in [3.63, 3.8) is 0 Å². The Morgan fingerprint density at radius 1 is 0.593 bits per heavy atom. The Kier molecular flexibility index (Phi) is 36.1. The molecule has 1 unspecified atom stereocenters. The highest BCUT2D eigenvalue weighted by Crippen LogP contribution is 2.43. The third kappa shape index (κ3) is 42.3. The van der Waals surface area contributed by atoms with Gasteiger partial charge >= 0.3 is 19.8 Å². The van der Waals surface area contributed by atoms with Crippen molar-refractivity contribution in [1.29, 1.82) is 0 Å². The summed E-state index contributed by atoms with van der Waals surface area (Å²) in [6, 6.07) is 0. The van der Waals surface area contributed by atoms with Crippen LogP contribution >= 0.6 is 7.82 Å². The summed E-state index contributed by atoms with van der Waals surface area (Å²) < 4.78 is 34.1. The Morgan fingerprint density at radius 2 is 1.10 bits per heavy atom. The van der Waals surface area contributed by atoms with E-state index in [1.165, 1.54) is 0 Å². The van der Waals surface area contributed by atoms with Crippen molar-refractivity contribution in [2.24, 2.45) is 0 Å². The molecule has 2 atom stereocenters. The molecule has 0 amide bonds. The first kappa shape index (κ1) is 55.3. The Balaban J connectivity index is 4.63. The first-order chi connectivity index (χ1) is 28.4. The summed E-state index contributed by atoms with van der Waals surface area (Å²) in [6.07, 6.45) is 48.5. The van der Waals surface area contributed by atoms with E-state index >= 15 is 0 Å². The Bertz CT molecular complexity index is 1430. The van der Waals surface area contributed by atoms with E-state index in [-0.39, 0.29) is 31.8 Å². The van der Waals surface area contributed by atoms with Crippen LogP contribution in [0, 0.1) is 0 Å². The zero-order chi connectivity index (χ0) is 43.7. The lowest BCUT2D eigenvalue weighted by atomic mass is 10.1. The van der Waals surface area contributed by atoms with Gasteiger partial charge in [0.2, 0.25) is 0 Å². The summed E-state index contributed by atoms with van der Waals surface area (Å²) in [4.78, 5) is 47.0. The lowest BCUT2D eigenvalue weighted by Gasteiger charge is -2.24. The third-order valence-electron chi connectivity index (χ3n) is 8.26. The van der Waals surface area contributed by atoms with Crippen LogP contribution in [-0.4, -0.2) is 80.7 Å². The standard InChI is InChI=1S/C48H76NO9P/c1-6-8-10-11-12-13-14-15-16-17-18-19-22-25-28-31-35-39-47(51)55-43-46(44-57-59(53,54)56-42-41-49(3,4)5)58-48(52)40-36-32-29-26-23-20-21-24-27-30-34-38-45(50)37-33-9-7-2/h8,10,12-13,15-16,18-21,25-30,34,38,46H,6-7,9,11,14,17,22-24,31-33,35-37,39-44H2,1-5H3/p+1/b10-8-,13-12-,16-15-,19-18-,21-20-,28-25-,29-26-,30-27-,38-34+/t46-/m1/s1. The largest absolute Gasteiger partial charge is 0.472 e. The summed E-state index contributed by atoms with van der Waals surface area (Å²) in [6.45, 7) is 3.95. The molecule has 0 spiro atoms. The molecule has 0 saturated heterocycles. The van der Waals surface area contributed by atoms with Crippen LogP contribution in [0.3, 0.4) is 0 Å². The van der Waals surface area contributed by atoms with Gasteiger partial charge in [0, 0.05) is 19.3 Å². The topological polar surface area (TPSA) is 125 Å². The predicted octanol–water partition coefficient (Wildman–Crippen LogP) is 11.5. The van der Waals surface area contributed by atoms with Gasteiger partial charge in [-0.3, -0.25) is 23.4 Å². The summed E-state index contributed by atoms with van der Waals surface area (Å²) in [5.74, 6) is -0.818. The lowest BCUT2D eigenvalue weighted by Crippen LogP contribution is -2.37. The van der Waals surface area contributed by atoms with Crippen molar-refractivity contribution in [2.45, 2.75) is 129 Å². The maximum Gasteiger partial charge on any atom is 0.472 e. The molecule has 0 fully saturated rings. The molecule has 10 nitrogen and oxygen atoms in total. The van der Waals surface area contributed by atoms with E-state index in [9.17, 15) is 23.8 Å². The second-order valence-electron chi connectivity index (χ2n) is 15.0. The molecule has 0 radical (unpaired) electrons. The van der Waals surface area contributed by atoms with E-state index in [1.54, 1.807) is 12.2 Å². The number of ether oxygens (including phenoxy) is 2. The third-order valence-corrected chi connectivity index (χ3v) is 9.25. The molecule has 11 heteroatoms. The number of nitrogens with zero attached hydrogens (tertiary/aromatic N) is 1. The van der Waals surface area contributed by atoms with Crippen molar-refractivity contribution in [3.8, 4) is 0 Å². The van der Waals surface area contributed by atoms with Crippen molar-refractivity contribution in [2.75, 3.05) is 47.5 Å². The van der Waals surface area contributed by atoms with Gasteiger partial charge in [0.25, 0.3) is 0 Å². The number of hydrogen-bond donors (Lipinski definition) is 1. The Morgan fingerprint density at radius 3 is 1.63 bits per heavy atom. The zero-order valence-corrected chi connectivity index (χ0v) is 37.8. The molecule has 0 aliphatic rings. The Labute approximate surface area is 357 Å². The molecule has 0 heterocycles. The van der Waals surface area contributed by atoms with Crippen LogP contribution in [0.2, 0.25) is 0 Å². The van der Waals surface area contributed by atoms with Gasteiger partial charge in [-0.15, -0.1) is 0 Å². The number of phosphoric acid groups is 1. The molecule has 0 rings (SSSR count). The van der Waals surface area contributed by atoms with Crippen LogP contribution < -0.4 is 0 Å². The average Bonchev–Trinajstić information content (AvgIpc) is 3.18. The number of carbonyl (C=O) groups is 3. The number of likely N-dealkylation sites (N-methyl/N-ethyl adjacent to an activating group) is 1. The number of phosphoric ester groups is 1. The highest BCUT2D eigenvalue weighted by molar-refractivity contribution is 7.47. The summed E-state index contributed by atoms with van der Waals surface area (Å²) in [5, 5.41) is 0. The van der Waals surface area contributed by atoms with E-state index in [1.807, 2.05) is 51.5 Å². The van der Waals surface area contributed by atoms with E-state index in [2.05, 4.69) is 80.7 Å². The minimum absolute atomic E-state index is 0.00492. The van der Waals surface area contributed by atoms with Gasteiger partial charge in [-0.2, -0.15) is 0 Å². The number of esters is 2. The van der Waals surface area contributed by atoms with Crippen LogP contribution in [-0.2, 0) is 37.5 Å². The van der Waals surface area contributed by atoms with Crippen LogP contribution in [0.1, 0.15) is 123 Å². The maximum absolute atomic E-state index is 12.7. The average molecular weight is 843 g/mol. The first-order valence-corrected chi connectivity index (χ1v) is 23.1. The van der Waals surface area contributed by atoms with Gasteiger partial charge in [0.1, 0.15) is 19.8 Å². The van der Waals surface area contributed by atoms with Gasteiger partial charge < -0.3 is 18.9 Å². The molecule has 0 aliphatic heterocycles. The SMILES string of the molecule is CC/C=C\C/C=C\C/C=C\C/C=C\C/C=C\CCCC(=O)OC[C@H](COP(=O)(O)OCC[N+](C)(C)C)OC(=O)CCC/C=C\C/C=C\C/C=C\C=C\C(=O)CCCCC. The minimum atomic E-state index is -4.42. The van der Waals surface area contributed by atoms with E-state index in [0.29, 0.717) is 43.1 Å². The molecular weight excluding hydrogens is 765 g/mol. The fraction of sp³-hybridized carbons (Fsp3) is 0.562. The van der Waals surface area contributed by atoms with Crippen LogP contribution in [0.15, 0.2) is 109 Å². The van der Waals surface area contributed by atoms with Crippen molar-refractivity contribution < 1.29 is 46.8 Å². The van der Waals surface area contributed by atoms with E-state index < -0.39 is 32.5 Å². The molecule has 0 bridgehead atoms. The van der Waals surface area contributed by atoms with Gasteiger partial charge in [-0.1, -0.05) is 130 Å². The van der Waals surface area contributed by atoms with Gasteiger partial charge in [-0.25, -0.2) is 4.57 Å². The van der Waals surface area contributed by atoms with Crippen molar-refractivity contribution in [3.05, 3.63) is 109 Å². The summed E-state index contributed by atoms with van der Waals surface area (Å²) in [7, 11) is 1.35. The van der Waals surface area contributed by atoms with Crippen LogP contribution in [0.4, 0.5) is 0 Å². The van der Waals surface area contributed by atoms with E-state index in [4.69, 9.17) is 18.5 Å². The number of carbonyl (C=O) groups excluding carboxylic acids is 3. The van der Waals surface area contributed by atoms with E-state index in [0.717, 1.165) is 64.2 Å². The molecule has 0 saturated carbocycles. The second-order valence-corrected chi connectivity index (χ2v) is 16.5. The Hall–Kier alpha value is -3.66. The van der Waals surface area contributed by atoms with Crippen LogP contribution in [0.5, 0.6) is 0 Å². The molecule has 332 valence electrons. The maximum atomic E-state index is 12.7. The smallest absolute Gasteiger partial charge is 0.462 e. The quantitative estimate of drug-likeness (QED) is 0.0124. The molecular formula is C48H77NO9P+. The van der Waals surface area contributed by atoms with Gasteiger partial charge in [0.05, 0.1) is 27.7 Å². The van der Waals surface area contributed by atoms with Crippen molar-refractivity contribution >= 4 is 25.5 Å². The van der Waals surface area contributed by atoms with Crippen molar-refractivity contribution in [1.82, 2.24) is 0 Å². The monoisotopic (exact) mass is 843 g/mol. The first-order valence-electron chi connectivity index (χ1n) is 21.6. The number of rotatable bonds is 37. The predicted molar refractivity (Wildman–Crippen MR) is 243 cm³/mol. The fourth-order valence-corrected chi connectivity index (χ4v) is 5.62. The molecule has 0 aromatic rings. The van der Waals surface area contributed by atoms with Gasteiger partial charge in [-0.05, 0) is 83.1 Å². The van der Waals surface area contributed by atoms with Crippen LogP contribution in [0.25, 0.3) is 0 Å². The van der Waals surface area contributed by atoms with Gasteiger partial charge in [0.15, 0.2) is 11.9 Å². The number of ketones is 1. The number of unbranched alkanes of at least 4 members (excludes halogenated alkanes) is 4. The number of hydrogen-bond acceptors (Lipinski definition) is 8. The highest BCUT2D eigenvalue weighted by Gasteiger charge is 2.27. The summed E-state index contributed by atoms with van der Waals surface area (Å²) >= 11 is 0. The highest BCUT2D eigenvalue weighted by atomic mass is 31.2. The lowest BCUT2D eigenvalue weighted by molar-refractivity contribution is -0.870. The molecule has 0 aliphatic carbocycles. The number of quaternary nitrogens is 1. The normalized spacial score (nSPS) is 14.5. The molecule has 1 N–H and O–H groups in total. The molecule has 0 aromatic heterocycles. The molecule has 59 heavy (non-hydrogen) atoms. The minimum Gasteiger partial charge on any atom is -0.462 e. The second kappa shape index (κ2) is 38.5.